The molecule has 2 fully saturated rings. The first kappa shape index (κ1) is 15.4. The molecule has 1 aromatic heterocycles. The van der Waals surface area contributed by atoms with E-state index in [1.54, 1.807) is 13.1 Å². The van der Waals surface area contributed by atoms with E-state index < -0.39 is 0 Å². The minimum atomic E-state index is 0.194. The van der Waals surface area contributed by atoms with E-state index in [1.165, 1.54) is 0 Å². The quantitative estimate of drug-likeness (QED) is 0.843. The number of amides is 1. The largest absolute Gasteiger partial charge is 0.375 e. The predicted octanol–water partition coefficient (Wildman–Crippen LogP) is 1.40. The molecule has 120 valence electrons. The van der Waals surface area contributed by atoms with Crippen molar-refractivity contribution in [2.24, 2.45) is 11.3 Å². The van der Waals surface area contributed by atoms with E-state index in [0.29, 0.717) is 12.5 Å². The third kappa shape index (κ3) is 3.15. The van der Waals surface area contributed by atoms with E-state index in [4.69, 9.17) is 4.74 Å². The lowest BCUT2D eigenvalue weighted by molar-refractivity contribution is -0.128. The van der Waals surface area contributed by atoms with Crippen molar-refractivity contribution in [2.75, 3.05) is 39.8 Å². The molecular weight excluding hydrogens is 278 g/mol. The molecule has 0 unspecified atom stereocenters. The molecule has 5 nitrogen and oxygen atoms in total. The molecule has 0 aromatic carbocycles. The van der Waals surface area contributed by atoms with Gasteiger partial charge in [-0.25, -0.2) is 0 Å². The van der Waals surface area contributed by atoms with Gasteiger partial charge in [0.15, 0.2) is 0 Å². The molecule has 1 aromatic rings. The van der Waals surface area contributed by atoms with Gasteiger partial charge in [-0.2, -0.15) is 0 Å². The molecule has 0 radical (unpaired) electrons. The minimum Gasteiger partial charge on any atom is -0.375 e. The molecule has 1 amide bonds. The first-order chi connectivity index (χ1) is 10.6. The van der Waals surface area contributed by atoms with Crippen molar-refractivity contribution in [3.05, 3.63) is 30.1 Å². The first-order valence-corrected chi connectivity index (χ1v) is 8.01. The number of hydrogen-bond donors (Lipinski definition) is 0. The molecule has 3 rings (SSSR count). The zero-order valence-corrected chi connectivity index (χ0v) is 13.5. The Morgan fingerprint density at radius 3 is 3.00 bits per heavy atom. The summed E-state index contributed by atoms with van der Waals surface area (Å²) in [5.74, 6) is 0.685. The van der Waals surface area contributed by atoms with Crippen LogP contribution in [-0.4, -0.2) is 60.5 Å². The Morgan fingerprint density at radius 2 is 2.32 bits per heavy atom. The van der Waals surface area contributed by atoms with Gasteiger partial charge >= 0.3 is 0 Å². The molecule has 2 aliphatic heterocycles. The van der Waals surface area contributed by atoms with Gasteiger partial charge < -0.3 is 14.5 Å². The third-order valence-corrected chi connectivity index (χ3v) is 5.11. The van der Waals surface area contributed by atoms with Crippen molar-refractivity contribution in [3.63, 3.8) is 0 Å². The number of carbonyl (C=O) groups excluding carboxylic acids is 1. The van der Waals surface area contributed by atoms with E-state index in [0.717, 1.165) is 44.9 Å². The number of aromatic nitrogens is 1. The maximum Gasteiger partial charge on any atom is 0.219 e. The van der Waals surface area contributed by atoms with Crippen LogP contribution in [0.4, 0.5) is 0 Å². The fraction of sp³-hybridized carbons (Fsp3) is 0.647. The number of rotatable bonds is 4. The van der Waals surface area contributed by atoms with E-state index in [9.17, 15) is 4.79 Å². The third-order valence-electron chi connectivity index (χ3n) is 5.11. The summed E-state index contributed by atoms with van der Waals surface area (Å²) in [4.78, 5) is 20.3. The summed E-state index contributed by atoms with van der Waals surface area (Å²) >= 11 is 0. The monoisotopic (exact) mass is 303 g/mol. The van der Waals surface area contributed by atoms with Gasteiger partial charge in [0.05, 0.1) is 18.9 Å². The molecular formula is C17H25N3O2. The number of hydrogen-bond acceptors (Lipinski definition) is 4. The van der Waals surface area contributed by atoms with E-state index in [-0.39, 0.29) is 11.3 Å². The van der Waals surface area contributed by atoms with Crippen LogP contribution in [0.25, 0.3) is 0 Å². The smallest absolute Gasteiger partial charge is 0.219 e. The van der Waals surface area contributed by atoms with Gasteiger partial charge in [-0.3, -0.25) is 9.78 Å². The van der Waals surface area contributed by atoms with Gasteiger partial charge in [0.1, 0.15) is 0 Å². The van der Waals surface area contributed by atoms with Crippen LogP contribution >= 0.6 is 0 Å². The standard InChI is InChI=1S/C17H25N3O2/c1-14(21)20-8-6-17(13-20)12-19(2)9-15(17)10-22-11-16-5-3-4-7-18-16/h3-5,7,15H,6,8-13H2,1-2H3/t15-,17-/m1/s1. The lowest BCUT2D eigenvalue weighted by atomic mass is 9.77. The topological polar surface area (TPSA) is 45.7 Å². The maximum absolute atomic E-state index is 11.6. The van der Waals surface area contributed by atoms with Gasteiger partial charge in [0.25, 0.3) is 0 Å². The Morgan fingerprint density at radius 1 is 1.45 bits per heavy atom. The van der Waals surface area contributed by atoms with Crippen molar-refractivity contribution in [1.29, 1.82) is 0 Å². The lowest BCUT2D eigenvalue weighted by Crippen LogP contribution is -2.37. The maximum atomic E-state index is 11.6. The van der Waals surface area contributed by atoms with Gasteiger partial charge in [0.2, 0.25) is 5.91 Å². The zero-order chi connectivity index (χ0) is 15.6. The van der Waals surface area contributed by atoms with E-state index in [2.05, 4.69) is 16.9 Å². The average molecular weight is 303 g/mol. The highest BCUT2D eigenvalue weighted by molar-refractivity contribution is 5.73. The predicted molar refractivity (Wildman–Crippen MR) is 84.2 cm³/mol. The second-order valence-corrected chi connectivity index (χ2v) is 6.78. The van der Waals surface area contributed by atoms with E-state index >= 15 is 0 Å². The first-order valence-electron chi connectivity index (χ1n) is 8.01. The van der Waals surface area contributed by atoms with Crippen molar-refractivity contribution in [3.8, 4) is 0 Å². The van der Waals surface area contributed by atoms with Crippen LogP contribution in [-0.2, 0) is 16.1 Å². The van der Waals surface area contributed by atoms with Crippen molar-refractivity contribution in [1.82, 2.24) is 14.8 Å². The Labute approximate surface area is 132 Å². The van der Waals surface area contributed by atoms with Gasteiger partial charge in [-0.05, 0) is 25.6 Å². The average Bonchev–Trinajstić information content (AvgIpc) is 3.05. The van der Waals surface area contributed by atoms with Crippen LogP contribution in [0.2, 0.25) is 0 Å². The fourth-order valence-electron chi connectivity index (χ4n) is 3.95. The summed E-state index contributed by atoms with van der Waals surface area (Å²) in [6.07, 6.45) is 2.89. The highest BCUT2D eigenvalue weighted by Gasteiger charge is 2.49. The number of ether oxygens (including phenoxy) is 1. The SMILES string of the molecule is CC(=O)N1CC[C@@]2(CN(C)C[C@@H]2COCc2ccccn2)C1. The summed E-state index contributed by atoms with van der Waals surface area (Å²) < 4.78 is 5.94. The second kappa shape index (κ2) is 6.34. The molecule has 0 aliphatic carbocycles. The number of nitrogens with zero attached hydrogens (tertiary/aromatic N) is 3. The Kier molecular flexibility index (Phi) is 4.45. The fourth-order valence-corrected chi connectivity index (χ4v) is 3.95. The van der Waals surface area contributed by atoms with Crippen LogP contribution in [0.15, 0.2) is 24.4 Å². The molecule has 2 aliphatic rings. The molecule has 5 heteroatoms. The number of carbonyl (C=O) groups is 1. The number of likely N-dealkylation sites (tertiary alicyclic amines) is 2. The van der Waals surface area contributed by atoms with Gasteiger partial charge in [-0.15, -0.1) is 0 Å². The van der Waals surface area contributed by atoms with Crippen LogP contribution in [0.5, 0.6) is 0 Å². The Balaban J connectivity index is 1.58. The molecule has 0 N–H and O–H groups in total. The molecule has 2 atom stereocenters. The summed E-state index contributed by atoms with van der Waals surface area (Å²) in [5, 5.41) is 0. The van der Waals surface area contributed by atoms with Crippen LogP contribution < -0.4 is 0 Å². The van der Waals surface area contributed by atoms with Crippen LogP contribution in [0, 0.1) is 11.3 Å². The molecule has 2 saturated heterocycles. The highest BCUT2D eigenvalue weighted by Crippen LogP contribution is 2.43. The highest BCUT2D eigenvalue weighted by atomic mass is 16.5. The van der Waals surface area contributed by atoms with Crippen molar-refractivity contribution in [2.45, 2.75) is 20.0 Å². The van der Waals surface area contributed by atoms with Crippen LogP contribution in [0.1, 0.15) is 19.0 Å². The van der Waals surface area contributed by atoms with E-state index in [1.807, 2.05) is 23.1 Å². The molecule has 0 saturated carbocycles. The summed E-state index contributed by atoms with van der Waals surface area (Å²) in [5.41, 5.74) is 1.18. The van der Waals surface area contributed by atoms with Crippen molar-refractivity contribution < 1.29 is 9.53 Å². The Bertz CT molecular complexity index is 522. The second-order valence-electron chi connectivity index (χ2n) is 6.78. The van der Waals surface area contributed by atoms with Crippen molar-refractivity contribution >= 4 is 5.91 Å². The van der Waals surface area contributed by atoms with Gasteiger partial charge in [0, 0.05) is 50.6 Å². The number of pyridine rings is 1. The Hall–Kier alpha value is -1.46. The molecule has 0 bridgehead atoms. The normalized spacial score (nSPS) is 28.6. The molecule has 22 heavy (non-hydrogen) atoms. The summed E-state index contributed by atoms with van der Waals surface area (Å²) in [6, 6.07) is 5.89. The summed E-state index contributed by atoms with van der Waals surface area (Å²) in [6.45, 7) is 6.86. The van der Waals surface area contributed by atoms with Crippen LogP contribution in [0.3, 0.4) is 0 Å². The minimum absolute atomic E-state index is 0.194. The molecule has 3 heterocycles. The zero-order valence-electron chi connectivity index (χ0n) is 13.5. The van der Waals surface area contributed by atoms with Gasteiger partial charge in [-0.1, -0.05) is 6.07 Å². The summed E-state index contributed by atoms with van der Waals surface area (Å²) in [7, 11) is 2.16. The molecule has 1 spiro atoms. The lowest BCUT2D eigenvalue weighted by Gasteiger charge is -2.30.